The zero-order chi connectivity index (χ0) is 21.3. The molecule has 1 aliphatic rings. The van der Waals surface area contributed by atoms with Crippen LogP contribution in [-0.4, -0.2) is 48.4 Å². The first-order chi connectivity index (χ1) is 15.3. The van der Waals surface area contributed by atoms with E-state index in [2.05, 4.69) is 65.6 Å². The third-order valence-corrected chi connectivity index (χ3v) is 6.74. The van der Waals surface area contributed by atoms with Crippen molar-refractivity contribution >= 4 is 23.7 Å². The predicted molar refractivity (Wildman–Crippen MR) is 130 cm³/mol. The number of thioether (sulfide) groups is 1. The summed E-state index contributed by atoms with van der Waals surface area (Å²) in [4.78, 5) is 19.0. The maximum absolute atomic E-state index is 13.5. The van der Waals surface area contributed by atoms with E-state index in [-0.39, 0.29) is 11.2 Å². The Kier molecular flexibility index (Phi) is 7.59. The zero-order valence-electron chi connectivity index (χ0n) is 17.6. The van der Waals surface area contributed by atoms with Gasteiger partial charge < -0.3 is 4.90 Å². The summed E-state index contributed by atoms with van der Waals surface area (Å²) in [6, 6.07) is 30.7. The summed E-state index contributed by atoms with van der Waals surface area (Å²) < 4.78 is 0. The summed E-state index contributed by atoms with van der Waals surface area (Å²) in [5.74, 6) is 0.208. The van der Waals surface area contributed by atoms with Crippen LogP contribution in [0.1, 0.15) is 16.4 Å². The highest BCUT2D eigenvalue weighted by atomic mass is 32.2. The van der Waals surface area contributed by atoms with Gasteiger partial charge in [-0.1, -0.05) is 91.0 Å². The molecular formula is C27H28N2OS. The lowest BCUT2D eigenvalue weighted by Gasteiger charge is -2.36. The molecule has 1 saturated heterocycles. The zero-order valence-corrected chi connectivity index (χ0v) is 18.5. The molecule has 1 atom stereocenters. The Morgan fingerprint density at radius 3 is 2.03 bits per heavy atom. The summed E-state index contributed by atoms with van der Waals surface area (Å²) in [6.45, 7) is 4.27. The first kappa shape index (κ1) is 21.4. The van der Waals surface area contributed by atoms with Gasteiger partial charge in [0.25, 0.3) is 0 Å². The second kappa shape index (κ2) is 11.0. The minimum atomic E-state index is -0.215. The molecule has 1 aliphatic heterocycles. The fraction of sp³-hybridized carbons (Fsp3) is 0.222. The van der Waals surface area contributed by atoms with Gasteiger partial charge in [0.05, 0.1) is 0 Å². The summed E-state index contributed by atoms with van der Waals surface area (Å²) in [5.41, 5.74) is 2.29. The molecule has 0 bridgehead atoms. The fourth-order valence-electron chi connectivity index (χ4n) is 3.74. The van der Waals surface area contributed by atoms with Crippen LogP contribution in [0.15, 0.2) is 102 Å². The van der Waals surface area contributed by atoms with E-state index in [1.807, 2.05) is 47.4 Å². The van der Waals surface area contributed by atoms with Gasteiger partial charge in [0, 0.05) is 37.6 Å². The molecule has 4 rings (SSSR count). The number of amides is 1. The first-order valence-electron chi connectivity index (χ1n) is 10.8. The number of nitrogens with zero attached hydrogens (tertiary/aromatic N) is 2. The molecule has 0 N–H and O–H groups in total. The van der Waals surface area contributed by atoms with Crippen LogP contribution in [-0.2, 0) is 4.79 Å². The van der Waals surface area contributed by atoms with Crippen molar-refractivity contribution in [1.29, 1.82) is 0 Å². The van der Waals surface area contributed by atoms with Gasteiger partial charge in [-0.3, -0.25) is 9.69 Å². The summed E-state index contributed by atoms with van der Waals surface area (Å²) in [6.07, 6.45) is 4.38. The fourth-order valence-corrected chi connectivity index (χ4v) is 4.87. The van der Waals surface area contributed by atoms with Crippen molar-refractivity contribution in [2.24, 2.45) is 0 Å². The standard InChI is InChI=1S/C27H28N2OS/c30-27(26(24-14-6-2-7-15-24)31-25-16-8-3-9-17-25)29-21-19-28(20-22-29)18-10-13-23-11-4-1-5-12-23/h1-17,26H,18-22H2/b13-10-/t26-/m0/s1. The molecule has 3 nitrogen and oxygen atoms in total. The number of hydrogen-bond acceptors (Lipinski definition) is 3. The molecule has 0 unspecified atom stereocenters. The molecule has 4 heteroatoms. The Balaban J connectivity index is 1.36. The maximum atomic E-state index is 13.5. The van der Waals surface area contributed by atoms with Crippen molar-refractivity contribution in [3.05, 3.63) is 108 Å². The van der Waals surface area contributed by atoms with E-state index in [0.29, 0.717) is 0 Å². The Bertz CT molecular complexity index is 968. The van der Waals surface area contributed by atoms with Crippen LogP contribution in [0.5, 0.6) is 0 Å². The number of piperazine rings is 1. The Labute approximate surface area is 189 Å². The average Bonchev–Trinajstić information content (AvgIpc) is 2.84. The van der Waals surface area contributed by atoms with Gasteiger partial charge >= 0.3 is 0 Å². The van der Waals surface area contributed by atoms with E-state index in [9.17, 15) is 4.79 Å². The predicted octanol–water partition coefficient (Wildman–Crippen LogP) is 5.38. The molecule has 0 spiro atoms. The van der Waals surface area contributed by atoms with E-state index in [4.69, 9.17) is 0 Å². The van der Waals surface area contributed by atoms with Crippen molar-refractivity contribution in [1.82, 2.24) is 9.80 Å². The van der Waals surface area contributed by atoms with Crippen LogP contribution in [0.3, 0.4) is 0 Å². The van der Waals surface area contributed by atoms with Crippen molar-refractivity contribution in [2.75, 3.05) is 32.7 Å². The van der Waals surface area contributed by atoms with Crippen molar-refractivity contribution in [2.45, 2.75) is 10.1 Å². The third-order valence-electron chi connectivity index (χ3n) is 5.48. The molecule has 0 radical (unpaired) electrons. The second-order valence-corrected chi connectivity index (χ2v) is 8.84. The highest BCUT2D eigenvalue weighted by Crippen LogP contribution is 2.36. The van der Waals surface area contributed by atoms with Gasteiger partial charge in [-0.05, 0) is 23.3 Å². The van der Waals surface area contributed by atoms with E-state index in [1.54, 1.807) is 11.8 Å². The van der Waals surface area contributed by atoms with Crippen LogP contribution >= 0.6 is 11.8 Å². The number of carbonyl (C=O) groups is 1. The SMILES string of the molecule is O=C([C@@H](Sc1ccccc1)c1ccccc1)N1CCN(C/C=C\c2ccccc2)CC1. The Morgan fingerprint density at radius 2 is 1.39 bits per heavy atom. The van der Waals surface area contributed by atoms with E-state index < -0.39 is 0 Å². The smallest absolute Gasteiger partial charge is 0.240 e. The van der Waals surface area contributed by atoms with Crippen LogP contribution < -0.4 is 0 Å². The topological polar surface area (TPSA) is 23.6 Å². The normalized spacial score (nSPS) is 15.8. The average molecular weight is 429 g/mol. The molecule has 1 heterocycles. The lowest BCUT2D eigenvalue weighted by Crippen LogP contribution is -2.49. The molecular weight excluding hydrogens is 400 g/mol. The number of hydrogen-bond donors (Lipinski definition) is 0. The largest absolute Gasteiger partial charge is 0.339 e. The lowest BCUT2D eigenvalue weighted by atomic mass is 10.1. The van der Waals surface area contributed by atoms with Gasteiger partial charge in [0.15, 0.2) is 0 Å². The number of rotatable bonds is 7. The molecule has 158 valence electrons. The van der Waals surface area contributed by atoms with Gasteiger partial charge in [-0.25, -0.2) is 0 Å². The number of carbonyl (C=O) groups excluding carboxylic acids is 1. The Morgan fingerprint density at radius 1 is 0.806 bits per heavy atom. The molecule has 3 aromatic rings. The summed E-state index contributed by atoms with van der Waals surface area (Å²) in [5, 5.41) is -0.215. The van der Waals surface area contributed by atoms with E-state index >= 15 is 0 Å². The summed E-state index contributed by atoms with van der Waals surface area (Å²) in [7, 11) is 0. The van der Waals surface area contributed by atoms with E-state index in [1.165, 1.54) is 5.56 Å². The molecule has 0 aromatic heterocycles. The molecule has 1 amide bonds. The maximum Gasteiger partial charge on any atom is 0.240 e. The van der Waals surface area contributed by atoms with Gasteiger partial charge in [-0.2, -0.15) is 0 Å². The minimum absolute atomic E-state index is 0.208. The molecule has 3 aromatic carbocycles. The van der Waals surface area contributed by atoms with Crippen LogP contribution in [0, 0.1) is 0 Å². The molecule has 1 fully saturated rings. The highest BCUT2D eigenvalue weighted by molar-refractivity contribution is 8.00. The Hall–Kier alpha value is -2.82. The van der Waals surface area contributed by atoms with Crippen molar-refractivity contribution in [3.8, 4) is 0 Å². The minimum Gasteiger partial charge on any atom is -0.339 e. The number of benzene rings is 3. The summed E-state index contributed by atoms with van der Waals surface area (Å²) >= 11 is 1.64. The third kappa shape index (κ3) is 6.09. The van der Waals surface area contributed by atoms with E-state index in [0.717, 1.165) is 43.2 Å². The quantitative estimate of drug-likeness (QED) is 0.472. The van der Waals surface area contributed by atoms with Gasteiger partial charge in [0.2, 0.25) is 5.91 Å². The highest BCUT2D eigenvalue weighted by Gasteiger charge is 2.29. The van der Waals surface area contributed by atoms with Crippen LogP contribution in [0.4, 0.5) is 0 Å². The van der Waals surface area contributed by atoms with Crippen LogP contribution in [0.25, 0.3) is 6.08 Å². The first-order valence-corrected chi connectivity index (χ1v) is 11.7. The van der Waals surface area contributed by atoms with Crippen molar-refractivity contribution < 1.29 is 4.79 Å². The monoisotopic (exact) mass is 428 g/mol. The molecule has 0 saturated carbocycles. The van der Waals surface area contributed by atoms with Gasteiger partial charge in [-0.15, -0.1) is 11.8 Å². The van der Waals surface area contributed by atoms with Crippen LogP contribution in [0.2, 0.25) is 0 Å². The molecule has 31 heavy (non-hydrogen) atoms. The lowest BCUT2D eigenvalue weighted by molar-refractivity contribution is -0.132. The molecule has 0 aliphatic carbocycles. The second-order valence-electron chi connectivity index (χ2n) is 7.66. The van der Waals surface area contributed by atoms with Crippen molar-refractivity contribution in [3.63, 3.8) is 0 Å². The van der Waals surface area contributed by atoms with Gasteiger partial charge in [0.1, 0.15) is 5.25 Å².